The second kappa shape index (κ2) is 7.61. The van der Waals surface area contributed by atoms with Crippen molar-refractivity contribution in [2.45, 2.75) is 19.2 Å². The number of aromatic carboxylic acids is 1. The van der Waals surface area contributed by atoms with Crippen molar-refractivity contribution in [3.8, 4) is 22.2 Å². The predicted molar refractivity (Wildman–Crippen MR) is 96.7 cm³/mol. The van der Waals surface area contributed by atoms with Crippen LogP contribution in [0.4, 0.5) is 13.2 Å². The zero-order chi connectivity index (χ0) is 20.5. The number of aliphatic hydroxyl groups excluding tert-OH is 1. The number of hydrogen-bond donors (Lipinski definition) is 2. The number of benzene rings is 2. The van der Waals surface area contributed by atoms with Gasteiger partial charge in [-0.1, -0.05) is 23.5 Å². The van der Waals surface area contributed by atoms with Gasteiger partial charge in [0.15, 0.2) is 0 Å². The van der Waals surface area contributed by atoms with Gasteiger partial charge < -0.3 is 14.9 Å². The Hall–Kier alpha value is -2.91. The third-order valence-corrected chi connectivity index (χ3v) is 4.91. The maximum atomic E-state index is 12.6. The van der Waals surface area contributed by atoms with Crippen molar-refractivity contribution in [3.63, 3.8) is 0 Å². The van der Waals surface area contributed by atoms with E-state index < -0.39 is 23.8 Å². The number of thiazole rings is 1. The van der Waals surface area contributed by atoms with Gasteiger partial charge in [-0.2, -0.15) is 13.2 Å². The molecule has 0 bridgehead atoms. The second-order valence-corrected chi connectivity index (χ2v) is 6.87. The summed E-state index contributed by atoms with van der Waals surface area (Å²) in [6.45, 7) is 1.55. The molecule has 0 aliphatic carbocycles. The molecule has 5 nitrogen and oxygen atoms in total. The highest BCUT2D eigenvalue weighted by Gasteiger charge is 2.30. The van der Waals surface area contributed by atoms with Crippen molar-refractivity contribution in [2.24, 2.45) is 0 Å². The molecule has 0 amide bonds. The van der Waals surface area contributed by atoms with E-state index in [0.29, 0.717) is 16.1 Å². The van der Waals surface area contributed by atoms with Gasteiger partial charge in [-0.3, -0.25) is 0 Å². The molecule has 28 heavy (non-hydrogen) atoms. The summed E-state index contributed by atoms with van der Waals surface area (Å²) in [5.74, 6) is -0.890. The molecule has 0 aliphatic heterocycles. The minimum absolute atomic E-state index is 0.110. The Morgan fingerprint density at radius 2 is 1.71 bits per heavy atom. The van der Waals surface area contributed by atoms with Gasteiger partial charge in [0.2, 0.25) is 0 Å². The van der Waals surface area contributed by atoms with Crippen LogP contribution < -0.4 is 4.74 Å². The Labute approximate surface area is 161 Å². The Morgan fingerprint density at radius 3 is 2.21 bits per heavy atom. The predicted octanol–water partition coefficient (Wildman–Crippen LogP) is 5.37. The van der Waals surface area contributed by atoms with Gasteiger partial charge in [-0.25, -0.2) is 9.78 Å². The van der Waals surface area contributed by atoms with Crippen molar-refractivity contribution in [2.75, 3.05) is 0 Å². The highest BCUT2D eigenvalue weighted by atomic mass is 32.1. The van der Waals surface area contributed by atoms with Gasteiger partial charge in [0.1, 0.15) is 5.75 Å². The van der Waals surface area contributed by atoms with Gasteiger partial charge in [0.05, 0.1) is 27.8 Å². The molecule has 0 saturated heterocycles. The zero-order valence-corrected chi connectivity index (χ0v) is 15.2. The smallest absolute Gasteiger partial charge is 0.416 e. The molecule has 0 spiro atoms. The van der Waals surface area contributed by atoms with E-state index in [-0.39, 0.29) is 16.5 Å². The fourth-order valence-corrected chi connectivity index (χ4v) is 3.32. The summed E-state index contributed by atoms with van der Waals surface area (Å²) in [5.41, 5.74) is 0.319. The number of carboxylic acid groups (broad SMARTS) is 1. The minimum atomic E-state index is -4.44. The summed E-state index contributed by atoms with van der Waals surface area (Å²) in [4.78, 5) is 15.8. The van der Waals surface area contributed by atoms with Crippen LogP contribution in [-0.4, -0.2) is 21.2 Å². The second-order valence-electron chi connectivity index (χ2n) is 5.88. The van der Waals surface area contributed by atoms with E-state index in [1.165, 1.54) is 24.3 Å². The first-order chi connectivity index (χ1) is 13.1. The number of rotatable bonds is 5. The highest BCUT2D eigenvalue weighted by molar-refractivity contribution is 7.14. The number of carboxylic acids is 1. The summed E-state index contributed by atoms with van der Waals surface area (Å²) in [5, 5.41) is 19.1. The summed E-state index contributed by atoms with van der Waals surface area (Å²) in [7, 11) is 0. The molecule has 0 radical (unpaired) electrons. The standard InChI is InChI=1S/C19H14F3NO4S/c1-10(24)16-15(11-2-4-12(5-3-11)17(25)26)23-18(28-16)27-14-8-6-13(7-9-14)19(20,21)22/h2-10,24H,1H3,(H,25,26). The van der Waals surface area contributed by atoms with Crippen LogP contribution in [-0.2, 0) is 6.18 Å². The lowest BCUT2D eigenvalue weighted by molar-refractivity contribution is -0.137. The zero-order valence-electron chi connectivity index (χ0n) is 14.4. The molecule has 0 fully saturated rings. The Kier molecular flexibility index (Phi) is 5.39. The molecule has 3 aromatic rings. The minimum Gasteiger partial charge on any atom is -0.478 e. The fraction of sp³-hybridized carbons (Fsp3) is 0.158. The fourth-order valence-electron chi connectivity index (χ4n) is 2.43. The molecule has 1 heterocycles. The molecule has 3 rings (SSSR count). The molecule has 1 unspecified atom stereocenters. The lowest BCUT2D eigenvalue weighted by atomic mass is 10.1. The summed E-state index contributed by atoms with van der Waals surface area (Å²) < 4.78 is 43.5. The molecule has 1 aromatic heterocycles. The quantitative estimate of drug-likeness (QED) is 0.592. The largest absolute Gasteiger partial charge is 0.478 e. The van der Waals surface area contributed by atoms with Crippen LogP contribution in [0.2, 0.25) is 0 Å². The van der Waals surface area contributed by atoms with Crippen LogP contribution in [0.3, 0.4) is 0 Å². The summed E-state index contributed by atoms with van der Waals surface area (Å²) in [6.07, 6.45) is -5.30. The van der Waals surface area contributed by atoms with Crippen LogP contribution in [0.15, 0.2) is 48.5 Å². The van der Waals surface area contributed by atoms with Crippen LogP contribution in [0.1, 0.15) is 33.8 Å². The maximum absolute atomic E-state index is 12.6. The lowest BCUT2D eigenvalue weighted by Gasteiger charge is -2.07. The van der Waals surface area contributed by atoms with Gasteiger partial charge in [0, 0.05) is 5.56 Å². The van der Waals surface area contributed by atoms with Crippen LogP contribution >= 0.6 is 11.3 Å². The van der Waals surface area contributed by atoms with E-state index in [2.05, 4.69) is 4.98 Å². The number of carbonyl (C=O) groups is 1. The third kappa shape index (κ3) is 4.32. The van der Waals surface area contributed by atoms with Crippen molar-refractivity contribution >= 4 is 17.3 Å². The van der Waals surface area contributed by atoms with Crippen LogP contribution in [0.5, 0.6) is 10.9 Å². The molecule has 0 saturated carbocycles. The number of aromatic nitrogens is 1. The Morgan fingerprint density at radius 1 is 1.11 bits per heavy atom. The molecule has 9 heteroatoms. The van der Waals surface area contributed by atoms with Crippen molar-refractivity contribution in [1.29, 1.82) is 0 Å². The molecule has 0 aliphatic rings. The highest BCUT2D eigenvalue weighted by Crippen LogP contribution is 2.39. The van der Waals surface area contributed by atoms with Gasteiger partial charge in [0.25, 0.3) is 5.19 Å². The van der Waals surface area contributed by atoms with E-state index >= 15 is 0 Å². The van der Waals surface area contributed by atoms with E-state index in [9.17, 15) is 23.1 Å². The maximum Gasteiger partial charge on any atom is 0.416 e. The van der Waals surface area contributed by atoms with Crippen molar-refractivity contribution < 1.29 is 32.9 Å². The average Bonchev–Trinajstić information content (AvgIpc) is 3.05. The first-order valence-corrected chi connectivity index (χ1v) is 8.84. The molecule has 2 aromatic carbocycles. The number of aliphatic hydroxyl groups is 1. The Balaban J connectivity index is 1.89. The van der Waals surface area contributed by atoms with E-state index in [1.807, 2.05) is 0 Å². The third-order valence-electron chi connectivity index (χ3n) is 3.81. The molecular weight excluding hydrogens is 395 g/mol. The number of nitrogens with zero attached hydrogens (tertiary/aromatic N) is 1. The Bertz CT molecular complexity index is 980. The number of hydrogen-bond acceptors (Lipinski definition) is 5. The molecule has 146 valence electrons. The first kappa shape index (κ1) is 19.8. The summed E-state index contributed by atoms with van der Waals surface area (Å²) in [6, 6.07) is 10.1. The normalized spacial score (nSPS) is 12.6. The average molecular weight is 409 g/mol. The lowest BCUT2D eigenvalue weighted by Crippen LogP contribution is -2.03. The van der Waals surface area contributed by atoms with Gasteiger partial charge >= 0.3 is 12.1 Å². The molecule has 1 atom stereocenters. The van der Waals surface area contributed by atoms with E-state index in [4.69, 9.17) is 9.84 Å². The first-order valence-electron chi connectivity index (χ1n) is 8.03. The number of halogens is 3. The topological polar surface area (TPSA) is 79.7 Å². The molecular formula is C19H14F3NO4S. The number of alkyl halides is 3. The van der Waals surface area contributed by atoms with Crippen LogP contribution in [0, 0.1) is 0 Å². The monoisotopic (exact) mass is 409 g/mol. The van der Waals surface area contributed by atoms with Crippen molar-refractivity contribution in [1.82, 2.24) is 4.98 Å². The van der Waals surface area contributed by atoms with Gasteiger partial charge in [-0.05, 0) is 43.3 Å². The van der Waals surface area contributed by atoms with E-state index in [1.54, 1.807) is 19.1 Å². The SMILES string of the molecule is CC(O)c1sc(Oc2ccc(C(F)(F)F)cc2)nc1-c1ccc(C(=O)O)cc1. The van der Waals surface area contributed by atoms with Crippen molar-refractivity contribution in [3.05, 3.63) is 64.5 Å². The van der Waals surface area contributed by atoms with E-state index in [0.717, 1.165) is 23.5 Å². The van der Waals surface area contributed by atoms with Crippen LogP contribution in [0.25, 0.3) is 11.3 Å². The summed E-state index contributed by atoms with van der Waals surface area (Å²) >= 11 is 1.06. The van der Waals surface area contributed by atoms with Gasteiger partial charge in [-0.15, -0.1) is 0 Å². The number of ether oxygens (including phenoxy) is 1. The molecule has 2 N–H and O–H groups in total.